The number of benzene rings is 1. The summed E-state index contributed by atoms with van der Waals surface area (Å²) in [6.07, 6.45) is 2.18. The molecule has 1 aromatic carbocycles. The van der Waals surface area contributed by atoms with Crippen LogP contribution in [-0.2, 0) is 11.8 Å². The number of pyridine rings is 1. The van der Waals surface area contributed by atoms with Crippen molar-refractivity contribution >= 4 is 34.2 Å². The lowest BCUT2D eigenvalue weighted by Gasteiger charge is -2.13. The van der Waals surface area contributed by atoms with E-state index >= 15 is 0 Å². The minimum absolute atomic E-state index is 0.220. The van der Waals surface area contributed by atoms with Crippen LogP contribution in [0.4, 0.5) is 11.4 Å². The molecule has 0 bridgehead atoms. The van der Waals surface area contributed by atoms with E-state index in [2.05, 4.69) is 15.7 Å². The summed E-state index contributed by atoms with van der Waals surface area (Å²) in [7, 11) is 3.36. The number of hydrogen-bond donors (Lipinski definition) is 2. The molecule has 150 valence electrons. The highest BCUT2D eigenvalue weighted by molar-refractivity contribution is 6.13. The second kappa shape index (κ2) is 7.20. The van der Waals surface area contributed by atoms with E-state index in [0.717, 1.165) is 29.6 Å². The Labute approximate surface area is 168 Å². The SMILES string of the molecule is COc1ccc(NC(=O)c2cc(C3CC3)nc3c2c(C)nn3C)cc1NC(C)=O. The lowest BCUT2D eigenvalue weighted by molar-refractivity contribution is -0.114. The molecule has 2 aromatic heterocycles. The fraction of sp³-hybridized carbons (Fsp3) is 0.333. The van der Waals surface area contributed by atoms with Gasteiger partial charge in [-0.15, -0.1) is 0 Å². The molecular weight excluding hydrogens is 370 g/mol. The first-order chi connectivity index (χ1) is 13.9. The largest absolute Gasteiger partial charge is 0.495 e. The van der Waals surface area contributed by atoms with Gasteiger partial charge in [0.2, 0.25) is 5.91 Å². The Balaban J connectivity index is 1.72. The first-order valence-electron chi connectivity index (χ1n) is 9.48. The van der Waals surface area contributed by atoms with Gasteiger partial charge in [0.25, 0.3) is 5.91 Å². The molecule has 2 N–H and O–H groups in total. The van der Waals surface area contributed by atoms with Crippen LogP contribution < -0.4 is 15.4 Å². The third-order valence-corrected chi connectivity index (χ3v) is 5.00. The van der Waals surface area contributed by atoms with E-state index in [1.807, 2.05) is 20.0 Å². The fourth-order valence-electron chi connectivity index (χ4n) is 3.50. The highest BCUT2D eigenvalue weighted by Gasteiger charge is 2.28. The number of fused-ring (bicyclic) bond motifs is 1. The van der Waals surface area contributed by atoms with Gasteiger partial charge in [-0.2, -0.15) is 5.10 Å². The van der Waals surface area contributed by atoms with Crippen LogP contribution in [0.3, 0.4) is 0 Å². The third kappa shape index (κ3) is 3.65. The number of rotatable bonds is 5. The first-order valence-corrected chi connectivity index (χ1v) is 9.48. The molecule has 8 heteroatoms. The maximum absolute atomic E-state index is 13.2. The average molecular weight is 393 g/mol. The van der Waals surface area contributed by atoms with Crippen molar-refractivity contribution in [2.75, 3.05) is 17.7 Å². The predicted octanol–water partition coefficient (Wildman–Crippen LogP) is 3.37. The van der Waals surface area contributed by atoms with Crippen LogP contribution in [-0.4, -0.2) is 33.7 Å². The molecule has 2 heterocycles. The number of aryl methyl sites for hydroxylation is 2. The van der Waals surface area contributed by atoms with Gasteiger partial charge in [0.15, 0.2) is 5.65 Å². The van der Waals surface area contributed by atoms with Crippen LogP contribution in [0.25, 0.3) is 11.0 Å². The van der Waals surface area contributed by atoms with Crippen molar-refractivity contribution in [2.45, 2.75) is 32.6 Å². The molecule has 1 aliphatic rings. The van der Waals surface area contributed by atoms with Gasteiger partial charge < -0.3 is 15.4 Å². The number of hydrogen-bond acceptors (Lipinski definition) is 5. The zero-order valence-corrected chi connectivity index (χ0v) is 16.9. The maximum atomic E-state index is 13.2. The number of aromatic nitrogens is 3. The first kappa shape index (κ1) is 18.9. The summed E-state index contributed by atoms with van der Waals surface area (Å²) in [4.78, 5) is 29.4. The summed E-state index contributed by atoms with van der Waals surface area (Å²) in [5, 5.41) is 10.8. The van der Waals surface area contributed by atoms with Crippen molar-refractivity contribution in [3.8, 4) is 5.75 Å². The molecule has 8 nitrogen and oxygen atoms in total. The number of carbonyl (C=O) groups excluding carboxylic acids is 2. The van der Waals surface area contributed by atoms with E-state index < -0.39 is 0 Å². The summed E-state index contributed by atoms with van der Waals surface area (Å²) in [5.74, 6) is 0.467. The zero-order valence-electron chi connectivity index (χ0n) is 16.9. The number of carbonyl (C=O) groups is 2. The lowest BCUT2D eigenvalue weighted by atomic mass is 10.1. The van der Waals surface area contributed by atoms with Gasteiger partial charge in [-0.25, -0.2) is 4.98 Å². The Hall–Kier alpha value is -3.42. The van der Waals surface area contributed by atoms with Crippen molar-refractivity contribution in [2.24, 2.45) is 7.05 Å². The van der Waals surface area contributed by atoms with Crippen LogP contribution in [0, 0.1) is 6.92 Å². The lowest BCUT2D eigenvalue weighted by Crippen LogP contribution is -2.14. The van der Waals surface area contributed by atoms with Crippen molar-refractivity contribution in [1.82, 2.24) is 14.8 Å². The number of ether oxygens (including phenoxy) is 1. The van der Waals surface area contributed by atoms with Gasteiger partial charge in [0, 0.05) is 31.3 Å². The molecule has 0 radical (unpaired) electrons. The van der Waals surface area contributed by atoms with Crippen molar-refractivity contribution < 1.29 is 14.3 Å². The van der Waals surface area contributed by atoms with E-state index in [0.29, 0.717) is 34.3 Å². The van der Waals surface area contributed by atoms with Gasteiger partial charge in [0.1, 0.15) is 5.75 Å². The van der Waals surface area contributed by atoms with E-state index in [1.165, 1.54) is 14.0 Å². The quantitative estimate of drug-likeness (QED) is 0.692. The Morgan fingerprint density at radius 2 is 1.97 bits per heavy atom. The monoisotopic (exact) mass is 393 g/mol. The van der Waals surface area contributed by atoms with Crippen LogP contribution in [0.15, 0.2) is 24.3 Å². The molecule has 0 aliphatic heterocycles. The normalized spacial score (nSPS) is 13.4. The average Bonchev–Trinajstić information content (AvgIpc) is 3.47. The van der Waals surface area contributed by atoms with Gasteiger partial charge in [-0.3, -0.25) is 14.3 Å². The fourth-order valence-corrected chi connectivity index (χ4v) is 3.50. The Morgan fingerprint density at radius 3 is 2.62 bits per heavy atom. The van der Waals surface area contributed by atoms with Crippen molar-refractivity contribution in [1.29, 1.82) is 0 Å². The minimum Gasteiger partial charge on any atom is -0.495 e. The number of methoxy groups -OCH3 is 1. The topological polar surface area (TPSA) is 98.1 Å². The molecule has 29 heavy (non-hydrogen) atoms. The molecule has 0 atom stereocenters. The van der Waals surface area contributed by atoms with Gasteiger partial charge >= 0.3 is 0 Å². The smallest absolute Gasteiger partial charge is 0.256 e. The minimum atomic E-state index is -0.241. The molecule has 0 unspecified atom stereocenters. The maximum Gasteiger partial charge on any atom is 0.256 e. The van der Waals surface area contributed by atoms with Crippen LogP contribution in [0.2, 0.25) is 0 Å². The molecule has 1 saturated carbocycles. The van der Waals surface area contributed by atoms with Gasteiger partial charge in [-0.1, -0.05) is 0 Å². The summed E-state index contributed by atoms with van der Waals surface area (Å²) in [6, 6.07) is 6.99. The predicted molar refractivity (Wildman–Crippen MR) is 110 cm³/mol. The second-order valence-corrected chi connectivity index (χ2v) is 7.33. The molecule has 3 aromatic rings. The van der Waals surface area contributed by atoms with E-state index in [9.17, 15) is 9.59 Å². The standard InChI is InChI=1S/C21H23N5O3/c1-11-19-15(10-16(13-5-6-13)24-20(19)26(3)25-11)21(28)23-14-7-8-18(29-4)17(9-14)22-12(2)27/h7-10,13H,5-6H2,1-4H3,(H,22,27)(H,23,28). The summed E-state index contributed by atoms with van der Waals surface area (Å²) >= 11 is 0. The highest BCUT2D eigenvalue weighted by Crippen LogP contribution is 2.40. The molecule has 1 aliphatic carbocycles. The molecule has 4 rings (SSSR count). The number of anilines is 2. The van der Waals surface area contributed by atoms with E-state index in [1.54, 1.807) is 22.9 Å². The molecule has 0 spiro atoms. The Kier molecular flexibility index (Phi) is 4.70. The molecule has 0 saturated heterocycles. The summed E-state index contributed by atoms with van der Waals surface area (Å²) < 4.78 is 6.99. The van der Waals surface area contributed by atoms with Crippen molar-refractivity contribution in [3.05, 3.63) is 41.2 Å². The number of nitrogens with one attached hydrogen (secondary N) is 2. The third-order valence-electron chi connectivity index (χ3n) is 5.00. The summed E-state index contributed by atoms with van der Waals surface area (Å²) in [6.45, 7) is 3.29. The van der Waals surface area contributed by atoms with Crippen molar-refractivity contribution in [3.63, 3.8) is 0 Å². The molecule has 1 fully saturated rings. The van der Waals surface area contributed by atoms with E-state index in [4.69, 9.17) is 9.72 Å². The number of nitrogens with zero attached hydrogens (tertiary/aromatic N) is 3. The van der Waals surface area contributed by atoms with Gasteiger partial charge in [-0.05, 0) is 44.0 Å². The Bertz CT molecular complexity index is 1130. The summed E-state index contributed by atoms with van der Waals surface area (Å²) in [5.41, 5.74) is 4.01. The van der Waals surface area contributed by atoms with Crippen LogP contribution in [0.1, 0.15) is 47.4 Å². The van der Waals surface area contributed by atoms with Crippen LogP contribution in [0.5, 0.6) is 5.75 Å². The Morgan fingerprint density at radius 1 is 1.21 bits per heavy atom. The molecular formula is C21H23N5O3. The zero-order chi connectivity index (χ0) is 20.7. The second-order valence-electron chi connectivity index (χ2n) is 7.33. The number of amides is 2. The van der Waals surface area contributed by atoms with Gasteiger partial charge in [0.05, 0.1) is 29.4 Å². The highest BCUT2D eigenvalue weighted by atomic mass is 16.5. The van der Waals surface area contributed by atoms with Crippen LogP contribution >= 0.6 is 0 Å². The van der Waals surface area contributed by atoms with E-state index in [-0.39, 0.29) is 11.8 Å². The molecule has 2 amide bonds.